The average molecular weight is 526 g/mol. The summed E-state index contributed by atoms with van der Waals surface area (Å²) in [5.41, 5.74) is 2.11. The van der Waals surface area contributed by atoms with E-state index in [0.717, 1.165) is 16.7 Å². The van der Waals surface area contributed by atoms with Crippen LogP contribution in [0.4, 0.5) is 4.79 Å². The van der Waals surface area contributed by atoms with Crippen LogP contribution in [-0.4, -0.2) is 51.6 Å². The number of benzene rings is 2. The molecule has 8 nitrogen and oxygen atoms in total. The maximum absolute atomic E-state index is 14.1. The van der Waals surface area contributed by atoms with E-state index < -0.39 is 35.2 Å². The molecule has 0 aliphatic carbocycles. The number of ether oxygens (including phenoxy) is 1. The highest BCUT2D eigenvalue weighted by Gasteiger charge is 2.36. The maximum atomic E-state index is 14.1. The first-order valence-electron chi connectivity index (χ1n) is 13.0. The summed E-state index contributed by atoms with van der Waals surface area (Å²) in [7, 11) is 0. The number of rotatable bonds is 8. The number of carbonyl (C=O) groups is 3. The fourth-order valence-electron chi connectivity index (χ4n) is 4.26. The molecule has 2 rings (SSSR count). The predicted molar refractivity (Wildman–Crippen MR) is 149 cm³/mol. The van der Waals surface area contributed by atoms with Crippen molar-refractivity contribution in [3.8, 4) is 5.75 Å². The zero-order valence-corrected chi connectivity index (χ0v) is 24.1. The van der Waals surface area contributed by atoms with Gasteiger partial charge in [-0.15, -0.1) is 0 Å². The van der Waals surface area contributed by atoms with Gasteiger partial charge in [0.2, 0.25) is 11.8 Å². The van der Waals surface area contributed by atoms with Gasteiger partial charge in [0.15, 0.2) is 0 Å². The normalized spacial score (nSPS) is 13.3. The molecule has 0 bridgehead atoms. The molecular formula is C30H43N3O5. The second kappa shape index (κ2) is 12.3. The van der Waals surface area contributed by atoms with Crippen molar-refractivity contribution in [1.29, 1.82) is 0 Å². The molecule has 2 aromatic carbocycles. The summed E-state index contributed by atoms with van der Waals surface area (Å²) in [6, 6.07) is 10.3. The Hall–Kier alpha value is -3.55. The fraction of sp³-hybridized carbons (Fsp3) is 0.500. The number of aryl methyl sites for hydroxylation is 2. The quantitative estimate of drug-likeness (QED) is 0.452. The molecule has 2 unspecified atom stereocenters. The number of nitrogens with one attached hydrogen (secondary N) is 2. The molecule has 0 saturated heterocycles. The summed E-state index contributed by atoms with van der Waals surface area (Å²) in [4.78, 5) is 42.1. The van der Waals surface area contributed by atoms with Gasteiger partial charge in [-0.2, -0.15) is 0 Å². The molecule has 3 N–H and O–H groups in total. The minimum Gasteiger partial charge on any atom is -0.508 e. The Morgan fingerprint density at radius 3 is 1.97 bits per heavy atom. The molecule has 8 heteroatoms. The molecule has 2 atom stereocenters. The lowest BCUT2D eigenvalue weighted by Crippen LogP contribution is -2.55. The molecule has 0 fully saturated rings. The Kier molecular flexibility index (Phi) is 9.95. The first-order chi connectivity index (χ1) is 17.5. The standard InChI is InChI=1S/C30H43N3O5/c1-10-33(25(26(35)32-29(4,5)6)22-16-19(2)15-20(3)17-22)27(36)24(31-28(37)38-30(7,8)9)18-21-11-13-23(34)14-12-21/h11-17,24-25,34H,10,18H2,1-9H3,(H,31,37)(H,32,35). The van der Waals surface area contributed by atoms with Crippen molar-refractivity contribution in [2.45, 2.75) is 92.0 Å². The van der Waals surface area contributed by atoms with E-state index in [1.54, 1.807) is 32.9 Å². The van der Waals surface area contributed by atoms with Crippen LogP contribution in [0.5, 0.6) is 5.75 Å². The zero-order chi connectivity index (χ0) is 28.8. The van der Waals surface area contributed by atoms with Crippen molar-refractivity contribution in [3.63, 3.8) is 0 Å². The highest BCUT2D eigenvalue weighted by atomic mass is 16.6. The van der Waals surface area contributed by atoms with Gasteiger partial charge in [0.05, 0.1) is 0 Å². The second-order valence-electron chi connectivity index (χ2n) is 11.8. The molecule has 0 aromatic heterocycles. The topological polar surface area (TPSA) is 108 Å². The summed E-state index contributed by atoms with van der Waals surface area (Å²) in [6.45, 7) is 16.8. The molecule has 208 valence electrons. The molecule has 0 aliphatic rings. The number of carbonyl (C=O) groups excluding carboxylic acids is 3. The molecule has 0 spiro atoms. The van der Waals surface area contributed by atoms with E-state index in [9.17, 15) is 19.5 Å². The third-order valence-electron chi connectivity index (χ3n) is 5.61. The van der Waals surface area contributed by atoms with Crippen molar-refractivity contribution in [2.24, 2.45) is 0 Å². The number of likely N-dealkylation sites (N-methyl/N-ethyl adjacent to an activating group) is 1. The minimum absolute atomic E-state index is 0.0978. The van der Waals surface area contributed by atoms with E-state index in [4.69, 9.17) is 4.74 Å². The van der Waals surface area contributed by atoms with Crippen molar-refractivity contribution in [3.05, 3.63) is 64.7 Å². The van der Waals surface area contributed by atoms with Crippen LogP contribution in [0.2, 0.25) is 0 Å². The van der Waals surface area contributed by atoms with Crippen LogP contribution in [-0.2, 0) is 20.7 Å². The van der Waals surface area contributed by atoms with Crippen LogP contribution >= 0.6 is 0 Å². The Labute approximate surface area is 226 Å². The van der Waals surface area contributed by atoms with Crippen LogP contribution < -0.4 is 10.6 Å². The Balaban J connectivity index is 2.54. The number of phenols is 1. The smallest absolute Gasteiger partial charge is 0.408 e. The van der Waals surface area contributed by atoms with Crippen LogP contribution in [0.15, 0.2) is 42.5 Å². The monoisotopic (exact) mass is 525 g/mol. The van der Waals surface area contributed by atoms with Crippen molar-refractivity contribution < 1.29 is 24.2 Å². The van der Waals surface area contributed by atoms with Gasteiger partial charge in [-0.3, -0.25) is 9.59 Å². The summed E-state index contributed by atoms with van der Waals surface area (Å²) in [6.07, 6.45) is -0.581. The van der Waals surface area contributed by atoms with Crippen molar-refractivity contribution in [1.82, 2.24) is 15.5 Å². The van der Waals surface area contributed by atoms with E-state index in [2.05, 4.69) is 10.6 Å². The summed E-state index contributed by atoms with van der Waals surface area (Å²) < 4.78 is 5.44. The Morgan fingerprint density at radius 1 is 0.947 bits per heavy atom. The van der Waals surface area contributed by atoms with E-state index in [1.807, 2.05) is 59.7 Å². The maximum Gasteiger partial charge on any atom is 0.408 e. The van der Waals surface area contributed by atoms with E-state index >= 15 is 0 Å². The first-order valence-corrected chi connectivity index (χ1v) is 13.0. The van der Waals surface area contributed by atoms with Gasteiger partial charge in [0.1, 0.15) is 23.4 Å². The largest absolute Gasteiger partial charge is 0.508 e. The predicted octanol–water partition coefficient (Wildman–Crippen LogP) is 4.95. The number of aromatic hydroxyl groups is 1. The van der Waals surface area contributed by atoms with Gasteiger partial charge >= 0.3 is 6.09 Å². The number of hydrogen-bond acceptors (Lipinski definition) is 5. The minimum atomic E-state index is -1.01. The number of alkyl carbamates (subject to hydrolysis) is 1. The summed E-state index contributed by atoms with van der Waals surface area (Å²) in [5, 5.41) is 15.4. The van der Waals surface area contributed by atoms with E-state index in [0.29, 0.717) is 5.56 Å². The Morgan fingerprint density at radius 2 is 1.50 bits per heavy atom. The lowest BCUT2D eigenvalue weighted by atomic mass is 9.96. The molecule has 2 aromatic rings. The molecule has 0 heterocycles. The van der Waals surface area contributed by atoms with Crippen LogP contribution in [0, 0.1) is 13.8 Å². The van der Waals surface area contributed by atoms with Gasteiger partial charge < -0.3 is 25.4 Å². The lowest BCUT2D eigenvalue weighted by molar-refractivity contribution is -0.142. The first kappa shape index (κ1) is 30.7. The van der Waals surface area contributed by atoms with Gasteiger partial charge in [-0.05, 0) is 85.6 Å². The SMILES string of the molecule is CCN(C(=O)C(Cc1ccc(O)cc1)NC(=O)OC(C)(C)C)C(C(=O)NC(C)(C)C)c1cc(C)cc(C)c1. The third kappa shape index (κ3) is 9.39. The molecule has 0 saturated carbocycles. The number of amides is 3. The van der Waals surface area contributed by atoms with E-state index in [1.165, 1.54) is 17.0 Å². The van der Waals surface area contributed by atoms with Crippen LogP contribution in [0.25, 0.3) is 0 Å². The summed E-state index contributed by atoms with van der Waals surface area (Å²) >= 11 is 0. The number of hydrogen-bond donors (Lipinski definition) is 3. The lowest BCUT2D eigenvalue weighted by Gasteiger charge is -2.35. The average Bonchev–Trinajstić information content (AvgIpc) is 2.74. The molecule has 0 radical (unpaired) electrons. The van der Waals surface area contributed by atoms with Crippen LogP contribution in [0.1, 0.15) is 76.8 Å². The van der Waals surface area contributed by atoms with Gasteiger partial charge in [-0.25, -0.2) is 4.79 Å². The van der Waals surface area contributed by atoms with Gasteiger partial charge in [0, 0.05) is 18.5 Å². The van der Waals surface area contributed by atoms with Crippen LogP contribution in [0.3, 0.4) is 0 Å². The Bertz CT molecular complexity index is 1110. The summed E-state index contributed by atoms with van der Waals surface area (Å²) in [5.74, 6) is -0.626. The highest BCUT2D eigenvalue weighted by molar-refractivity contribution is 5.92. The molecule has 38 heavy (non-hydrogen) atoms. The molecule has 3 amide bonds. The van der Waals surface area contributed by atoms with Gasteiger partial charge in [0.25, 0.3) is 0 Å². The molecular weight excluding hydrogens is 482 g/mol. The van der Waals surface area contributed by atoms with Crippen molar-refractivity contribution >= 4 is 17.9 Å². The highest BCUT2D eigenvalue weighted by Crippen LogP contribution is 2.26. The fourth-order valence-corrected chi connectivity index (χ4v) is 4.26. The van der Waals surface area contributed by atoms with E-state index in [-0.39, 0.29) is 24.6 Å². The number of nitrogens with zero attached hydrogens (tertiary/aromatic N) is 1. The number of phenolic OH excluding ortho intramolecular Hbond substituents is 1. The zero-order valence-electron chi connectivity index (χ0n) is 24.1. The van der Waals surface area contributed by atoms with Gasteiger partial charge in [-0.1, -0.05) is 41.5 Å². The van der Waals surface area contributed by atoms with Crippen molar-refractivity contribution in [2.75, 3.05) is 6.54 Å². The second-order valence-corrected chi connectivity index (χ2v) is 11.8. The third-order valence-corrected chi connectivity index (χ3v) is 5.61. The molecule has 0 aliphatic heterocycles.